The summed E-state index contributed by atoms with van der Waals surface area (Å²) >= 11 is 0. The second-order valence-electron chi connectivity index (χ2n) is 5.74. The molecule has 0 aliphatic carbocycles. The molecule has 0 bridgehead atoms. The van der Waals surface area contributed by atoms with Crippen molar-refractivity contribution in [2.24, 2.45) is 0 Å². The number of rotatable bonds is 8. The molecule has 2 amide bonds. The zero-order valence-electron chi connectivity index (χ0n) is 14.9. The first-order chi connectivity index (χ1) is 12.5. The number of aromatic nitrogens is 2. The molecule has 0 atom stereocenters. The normalized spacial score (nSPS) is 10.5. The van der Waals surface area contributed by atoms with Crippen molar-refractivity contribution in [3.05, 3.63) is 42.2 Å². The molecule has 1 aromatic carbocycles. The van der Waals surface area contributed by atoms with Gasteiger partial charge in [0.15, 0.2) is 0 Å². The van der Waals surface area contributed by atoms with Crippen LogP contribution in [0, 0.1) is 0 Å². The third-order valence-electron chi connectivity index (χ3n) is 3.07. The molecule has 0 unspecified atom stereocenters. The molecule has 2 aromatic rings. The van der Waals surface area contributed by atoms with Crippen molar-refractivity contribution in [2.45, 2.75) is 19.9 Å². The Kier molecular flexibility index (Phi) is 7.01. The Morgan fingerprint density at radius 1 is 1.15 bits per heavy atom. The van der Waals surface area contributed by atoms with Crippen molar-refractivity contribution < 1.29 is 14.3 Å². The van der Waals surface area contributed by atoms with Crippen LogP contribution in [0.25, 0.3) is 0 Å². The van der Waals surface area contributed by atoms with E-state index in [0.717, 1.165) is 0 Å². The molecule has 1 heterocycles. The van der Waals surface area contributed by atoms with Crippen LogP contribution >= 0.6 is 0 Å². The highest BCUT2D eigenvalue weighted by Gasteiger charge is 2.08. The van der Waals surface area contributed by atoms with Crippen LogP contribution in [0.15, 0.2) is 36.7 Å². The largest absolute Gasteiger partial charge is 0.375 e. The lowest BCUT2D eigenvalue weighted by atomic mass is 10.2. The Bertz CT molecular complexity index is 748. The molecule has 9 heteroatoms. The van der Waals surface area contributed by atoms with Crippen molar-refractivity contribution in [2.75, 3.05) is 24.4 Å². The Labute approximate surface area is 151 Å². The molecule has 138 valence electrons. The van der Waals surface area contributed by atoms with Crippen molar-refractivity contribution in [1.29, 1.82) is 0 Å². The first-order valence-electron chi connectivity index (χ1n) is 8.01. The minimum Gasteiger partial charge on any atom is -0.375 e. The average Bonchev–Trinajstić information content (AvgIpc) is 2.61. The van der Waals surface area contributed by atoms with Crippen LogP contribution in [-0.2, 0) is 9.53 Å². The Balaban J connectivity index is 1.98. The van der Waals surface area contributed by atoms with Gasteiger partial charge in [-0.2, -0.15) is 0 Å². The SMILES string of the molecule is COCC(=O)Nc1cccc(Nc2ncc(C(=O)NNC(C)C)cn2)c1. The van der Waals surface area contributed by atoms with Gasteiger partial charge in [-0.05, 0) is 32.0 Å². The molecule has 1 aromatic heterocycles. The van der Waals surface area contributed by atoms with Gasteiger partial charge in [0.1, 0.15) is 6.61 Å². The van der Waals surface area contributed by atoms with E-state index in [9.17, 15) is 9.59 Å². The Morgan fingerprint density at radius 3 is 2.50 bits per heavy atom. The number of nitrogens with zero attached hydrogens (tertiary/aromatic N) is 2. The second-order valence-corrected chi connectivity index (χ2v) is 5.74. The van der Waals surface area contributed by atoms with Crippen LogP contribution in [0.3, 0.4) is 0 Å². The lowest BCUT2D eigenvalue weighted by molar-refractivity contribution is -0.119. The minimum atomic E-state index is -0.312. The van der Waals surface area contributed by atoms with Crippen molar-refractivity contribution in [3.8, 4) is 0 Å². The first kappa shape index (κ1) is 19.3. The third-order valence-corrected chi connectivity index (χ3v) is 3.07. The van der Waals surface area contributed by atoms with Gasteiger partial charge >= 0.3 is 0 Å². The summed E-state index contributed by atoms with van der Waals surface area (Å²) in [5, 5.41) is 5.73. The predicted octanol–water partition coefficient (Wildman–Crippen LogP) is 1.45. The van der Waals surface area contributed by atoms with E-state index in [0.29, 0.717) is 22.9 Å². The van der Waals surface area contributed by atoms with Gasteiger partial charge in [0.2, 0.25) is 11.9 Å². The van der Waals surface area contributed by atoms with E-state index in [1.54, 1.807) is 18.2 Å². The molecule has 0 saturated heterocycles. The highest BCUT2D eigenvalue weighted by atomic mass is 16.5. The van der Waals surface area contributed by atoms with Gasteiger partial charge in [-0.1, -0.05) is 6.07 Å². The van der Waals surface area contributed by atoms with Crippen LogP contribution in [-0.4, -0.2) is 41.5 Å². The molecule has 0 radical (unpaired) electrons. The number of anilines is 3. The minimum absolute atomic E-state index is 0.0179. The van der Waals surface area contributed by atoms with Crippen LogP contribution < -0.4 is 21.5 Å². The van der Waals surface area contributed by atoms with E-state index in [-0.39, 0.29) is 24.5 Å². The second kappa shape index (κ2) is 9.44. The number of nitrogens with one attached hydrogen (secondary N) is 4. The van der Waals surface area contributed by atoms with E-state index in [1.165, 1.54) is 19.5 Å². The number of carbonyl (C=O) groups is 2. The standard InChI is InChI=1S/C17H22N6O3/c1-11(2)22-23-16(25)12-8-18-17(19-9-12)21-14-6-4-5-13(7-14)20-15(24)10-26-3/h4-9,11,22H,10H2,1-3H3,(H,20,24)(H,23,25)(H,18,19,21). The van der Waals surface area contributed by atoms with Crippen molar-refractivity contribution >= 4 is 29.1 Å². The molecule has 0 aliphatic heterocycles. The molecular formula is C17H22N6O3. The number of benzene rings is 1. The summed E-state index contributed by atoms with van der Waals surface area (Å²) in [6.07, 6.45) is 2.85. The fraction of sp³-hybridized carbons (Fsp3) is 0.294. The zero-order valence-corrected chi connectivity index (χ0v) is 14.9. The van der Waals surface area contributed by atoms with Gasteiger partial charge in [-0.3, -0.25) is 15.0 Å². The molecule has 0 fully saturated rings. The summed E-state index contributed by atoms with van der Waals surface area (Å²) in [5.74, 6) is -0.224. The number of hydrogen-bond donors (Lipinski definition) is 4. The van der Waals surface area contributed by atoms with E-state index in [4.69, 9.17) is 4.74 Å². The Morgan fingerprint density at radius 2 is 1.85 bits per heavy atom. The van der Waals surface area contributed by atoms with E-state index >= 15 is 0 Å². The molecule has 4 N–H and O–H groups in total. The fourth-order valence-electron chi connectivity index (χ4n) is 1.92. The molecule has 26 heavy (non-hydrogen) atoms. The molecule has 0 saturated carbocycles. The number of amides is 2. The van der Waals surface area contributed by atoms with Gasteiger partial charge in [0, 0.05) is 36.9 Å². The molecule has 2 rings (SSSR count). The number of methoxy groups -OCH3 is 1. The summed E-state index contributed by atoms with van der Waals surface area (Å²) < 4.78 is 4.78. The Hall–Kier alpha value is -3.04. The number of carbonyl (C=O) groups excluding carboxylic acids is 2. The number of hydrogen-bond acceptors (Lipinski definition) is 7. The summed E-state index contributed by atoms with van der Waals surface area (Å²) in [5.41, 5.74) is 7.03. The van der Waals surface area contributed by atoms with Crippen LogP contribution in [0.1, 0.15) is 24.2 Å². The quantitative estimate of drug-likeness (QED) is 0.528. The van der Waals surface area contributed by atoms with E-state index in [1.807, 2.05) is 19.9 Å². The van der Waals surface area contributed by atoms with Gasteiger partial charge < -0.3 is 15.4 Å². The van der Waals surface area contributed by atoms with Gasteiger partial charge in [0.05, 0.1) is 5.56 Å². The van der Waals surface area contributed by atoms with Crippen molar-refractivity contribution in [3.63, 3.8) is 0 Å². The fourth-order valence-corrected chi connectivity index (χ4v) is 1.92. The highest BCUT2D eigenvalue weighted by Crippen LogP contribution is 2.18. The molecular weight excluding hydrogens is 336 g/mol. The van der Waals surface area contributed by atoms with Crippen molar-refractivity contribution in [1.82, 2.24) is 20.8 Å². The topological polar surface area (TPSA) is 117 Å². The molecule has 0 aliphatic rings. The van der Waals surface area contributed by atoms with Gasteiger partial charge in [0.25, 0.3) is 5.91 Å². The number of hydrazine groups is 1. The van der Waals surface area contributed by atoms with Gasteiger partial charge in [-0.15, -0.1) is 0 Å². The lowest BCUT2D eigenvalue weighted by Crippen LogP contribution is -2.41. The van der Waals surface area contributed by atoms with E-state index in [2.05, 4.69) is 31.5 Å². The highest BCUT2D eigenvalue weighted by molar-refractivity contribution is 5.93. The summed E-state index contributed by atoms with van der Waals surface area (Å²) in [7, 11) is 1.46. The predicted molar refractivity (Wildman–Crippen MR) is 98.0 cm³/mol. The monoisotopic (exact) mass is 358 g/mol. The summed E-state index contributed by atoms with van der Waals surface area (Å²) in [6.45, 7) is 3.81. The maximum atomic E-state index is 11.9. The lowest BCUT2D eigenvalue weighted by Gasteiger charge is -2.10. The summed E-state index contributed by atoms with van der Waals surface area (Å²) in [4.78, 5) is 31.7. The number of ether oxygens (including phenoxy) is 1. The van der Waals surface area contributed by atoms with Crippen LogP contribution in [0.2, 0.25) is 0 Å². The maximum absolute atomic E-state index is 11.9. The first-order valence-corrected chi connectivity index (χ1v) is 8.01. The molecule has 9 nitrogen and oxygen atoms in total. The average molecular weight is 358 g/mol. The van der Waals surface area contributed by atoms with Crippen LogP contribution in [0.4, 0.5) is 17.3 Å². The van der Waals surface area contributed by atoms with E-state index < -0.39 is 0 Å². The van der Waals surface area contributed by atoms with Gasteiger partial charge in [-0.25, -0.2) is 15.4 Å². The molecule has 0 spiro atoms. The summed E-state index contributed by atoms with van der Waals surface area (Å²) in [6, 6.07) is 7.21. The van der Waals surface area contributed by atoms with Crippen LogP contribution in [0.5, 0.6) is 0 Å². The zero-order chi connectivity index (χ0) is 18.9. The smallest absolute Gasteiger partial charge is 0.268 e. The third kappa shape index (κ3) is 6.11. The maximum Gasteiger partial charge on any atom is 0.268 e.